The molecule has 0 amide bonds. The lowest BCUT2D eigenvalue weighted by atomic mass is 10.2. The van der Waals surface area contributed by atoms with Crippen LogP contribution in [0.3, 0.4) is 0 Å². The quantitative estimate of drug-likeness (QED) is 0.584. The lowest BCUT2D eigenvalue weighted by Gasteiger charge is -2.34. The molecule has 4 rings (SSSR count). The average Bonchev–Trinajstić information content (AvgIpc) is 3.19. The van der Waals surface area contributed by atoms with Crippen molar-refractivity contribution in [1.29, 1.82) is 0 Å². The Morgan fingerprint density at radius 2 is 2.21 bits per heavy atom. The molecule has 0 spiro atoms. The molecule has 0 radical (unpaired) electrons. The summed E-state index contributed by atoms with van der Waals surface area (Å²) in [6.07, 6.45) is 1.52. The fourth-order valence-corrected chi connectivity index (χ4v) is 3.42. The molecule has 1 saturated heterocycles. The molecule has 0 saturated carbocycles. The molecule has 1 unspecified atom stereocenters. The molecule has 1 N–H and O–H groups in total. The number of thiocarbonyl (C=S) groups is 1. The first-order chi connectivity index (χ1) is 13.7. The molecule has 2 aliphatic heterocycles. The third kappa shape index (κ3) is 4.57. The second kappa shape index (κ2) is 8.81. The monoisotopic (exact) mass is 421 g/mol. The first-order valence-corrected chi connectivity index (χ1v) is 9.74. The Balaban J connectivity index is 1.26. The van der Waals surface area contributed by atoms with E-state index in [1.165, 1.54) is 0 Å². The van der Waals surface area contributed by atoms with Gasteiger partial charge in [-0.2, -0.15) is 0 Å². The van der Waals surface area contributed by atoms with Gasteiger partial charge >= 0.3 is 0 Å². The van der Waals surface area contributed by atoms with Crippen LogP contribution in [0.2, 0.25) is 5.15 Å². The summed E-state index contributed by atoms with van der Waals surface area (Å²) >= 11 is 11.6. The third-order valence-corrected chi connectivity index (χ3v) is 5.14. The Hall–Kier alpha value is -2.29. The molecule has 2 aliphatic rings. The second-order valence-corrected chi connectivity index (χ2v) is 7.13. The van der Waals surface area contributed by atoms with E-state index in [0.717, 1.165) is 23.6 Å². The van der Waals surface area contributed by atoms with Crippen LogP contribution in [-0.2, 0) is 11.3 Å². The second-order valence-electron chi connectivity index (χ2n) is 6.39. The Morgan fingerprint density at radius 3 is 3.11 bits per heavy atom. The van der Waals surface area contributed by atoms with Gasteiger partial charge in [-0.25, -0.2) is 4.98 Å². The fourth-order valence-electron chi connectivity index (χ4n) is 3.01. The van der Waals surface area contributed by atoms with Crippen molar-refractivity contribution in [2.75, 3.05) is 33.1 Å². The number of benzene rings is 1. The first kappa shape index (κ1) is 19.0. The number of pyridine rings is 1. The van der Waals surface area contributed by atoms with Crippen LogP contribution in [0.5, 0.6) is 17.2 Å². The van der Waals surface area contributed by atoms with E-state index >= 15 is 0 Å². The molecule has 2 aromatic rings. The summed E-state index contributed by atoms with van der Waals surface area (Å²) in [5.74, 6) is 2.09. The number of rotatable bonds is 5. The number of fused-ring (bicyclic) bond motifs is 1. The van der Waals surface area contributed by atoms with Crippen LogP contribution in [0.15, 0.2) is 36.5 Å². The maximum absolute atomic E-state index is 6.02. The molecule has 0 aliphatic carbocycles. The molecule has 1 aromatic carbocycles. The number of hydrogen-bond donors (Lipinski definition) is 1. The zero-order valence-corrected chi connectivity index (χ0v) is 16.7. The molecule has 0 bridgehead atoms. The highest BCUT2D eigenvalue weighted by molar-refractivity contribution is 7.80. The van der Waals surface area contributed by atoms with Crippen molar-refractivity contribution in [3.8, 4) is 17.2 Å². The van der Waals surface area contributed by atoms with Gasteiger partial charge in [0.05, 0.1) is 6.61 Å². The van der Waals surface area contributed by atoms with Gasteiger partial charge in [-0.15, -0.1) is 0 Å². The summed E-state index contributed by atoms with van der Waals surface area (Å²) in [4.78, 5) is 6.09. The van der Waals surface area contributed by atoms with Gasteiger partial charge in [0.1, 0.15) is 12.7 Å². The minimum Gasteiger partial charge on any atom is -0.488 e. The number of nitrogens with zero attached hydrogens (tertiary/aromatic N) is 2. The van der Waals surface area contributed by atoms with Crippen molar-refractivity contribution >= 4 is 28.9 Å². The zero-order chi connectivity index (χ0) is 19.3. The van der Waals surface area contributed by atoms with Gasteiger partial charge in [-0.05, 0) is 42.0 Å². The van der Waals surface area contributed by atoms with Gasteiger partial charge in [0, 0.05) is 25.8 Å². The maximum Gasteiger partial charge on any atom is 0.231 e. The van der Waals surface area contributed by atoms with Gasteiger partial charge in [0.15, 0.2) is 27.5 Å². The van der Waals surface area contributed by atoms with Crippen LogP contribution in [0.25, 0.3) is 0 Å². The van der Waals surface area contributed by atoms with Gasteiger partial charge < -0.3 is 29.2 Å². The third-order valence-electron chi connectivity index (χ3n) is 4.46. The van der Waals surface area contributed by atoms with Crippen molar-refractivity contribution in [2.24, 2.45) is 0 Å². The van der Waals surface area contributed by atoms with Gasteiger partial charge in [-0.1, -0.05) is 17.7 Å². The number of nitrogens with one attached hydrogen (secondary N) is 1. The van der Waals surface area contributed by atoms with Crippen molar-refractivity contribution in [2.45, 2.75) is 12.6 Å². The lowest BCUT2D eigenvalue weighted by Crippen LogP contribution is -2.50. The van der Waals surface area contributed by atoms with Crippen molar-refractivity contribution in [3.05, 3.63) is 47.2 Å². The van der Waals surface area contributed by atoms with Gasteiger partial charge in [-0.3, -0.25) is 0 Å². The van der Waals surface area contributed by atoms with E-state index < -0.39 is 0 Å². The number of aromatic nitrogens is 1. The highest BCUT2D eigenvalue weighted by atomic mass is 35.5. The molecule has 148 valence electrons. The smallest absolute Gasteiger partial charge is 0.231 e. The molecule has 9 heteroatoms. The van der Waals surface area contributed by atoms with E-state index in [4.69, 9.17) is 42.8 Å². The predicted octanol–water partition coefficient (Wildman–Crippen LogP) is 2.62. The molecule has 1 fully saturated rings. The summed E-state index contributed by atoms with van der Waals surface area (Å²) in [6, 6.07) is 9.44. The molecule has 1 atom stereocenters. The Kier molecular flexibility index (Phi) is 5.99. The van der Waals surface area contributed by atoms with Crippen LogP contribution in [0.4, 0.5) is 0 Å². The summed E-state index contributed by atoms with van der Waals surface area (Å²) in [5.41, 5.74) is 1.07. The Labute approximate surface area is 173 Å². The standard InChI is InChI=1S/C19H20ClN3O4S/c20-18-16(2-1-5-21-18)25-11-14-10-23(6-7-24-14)19(28)22-9-13-3-4-15-17(8-13)27-12-26-15/h1-5,8,14H,6-7,9-12H2,(H,22,28). The summed E-state index contributed by atoms with van der Waals surface area (Å²) in [5, 5.41) is 4.33. The van der Waals surface area contributed by atoms with E-state index in [1.54, 1.807) is 18.3 Å². The van der Waals surface area contributed by atoms with Crippen molar-refractivity contribution in [1.82, 2.24) is 15.2 Å². The molecule has 28 heavy (non-hydrogen) atoms. The van der Waals surface area contributed by atoms with Crippen molar-refractivity contribution < 1.29 is 18.9 Å². The van der Waals surface area contributed by atoms with Gasteiger partial charge in [0.25, 0.3) is 0 Å². The number of hydrogen-bond acceptors (Lipinski definition) is 6. The predicted molar refractivity (Wildman–Crippen MR) is 108 cm³/mol. The highest BCUT2D eigenvalue weighted by Gasteiger charge is 2.23. The average molecular weight is 422 g/mol. The highest BCUT2D eigenvalue weighted by Crippen LogP contribution is 2.32. The minimum absolute atomic E-state index is 0.102. The van der Waals surface area contributed by atoms with E-state index in [1.807, 2.05) is 18.2 Å². The fraction of sp³-hybridized carbons (Fsp3) is 0.368. The van der Waals surface area contributed by atoms with E-state index in [0.29, 0.717) is 42.3 Å². The zero-order valence-electron chi connectivity index (χ0n) is 15.1. The van der Waals surface area contributed by atoms with Crippen LogP contribution in [0, 0.1) is 0 Å². The first-order valence-electron chi connectivity index (χ1n) is 8.95. The topological polar surface area (TPSA) is 65.1 Å². The van der Waals surface area contributed by atoms with Crippen LogP contribution >= 0.6 is 23.8 Å². The molecule has 3 heterocycles. The molecule has 1 aromatic heterocycles. The number of halogens is 1. The van der Waals surface area contributed by atoms with Crippen LogP contribution in [0.1, 0.15) is 5.56 Å². The van der Waals surface area contributed by atoms with E-state index in [9.17, 15) is 0 Å². The Morgan fingerprint density at radius 1 is 1.32 bits per heavy atom. The van der Waals surface area contributed by atoms with E-state index in [2.05, 4.69) is 15.2 Å². The number of morpholine rings is 1. The largest absolute Gasteiger partial charge is 0.488 e. The van der Waals surface area contributed by atoms with E-state index in [-0.39, 0.29) is 12.9 Å². The van der Waals surface area contributed by atoms with Gasteiger partial charge in [0.2, 0.25) is 6.79 Å². The van der Waals surface area contributed by atoms with Crippen LogP contribution < -0.4 is 19.5 Å². The normalized spacial score (nSPS) is 18.0. The summed E-state index contributed by atoms with van der Waals surface area (Å²) in [7, 11) is 0. The summed E-state index contributed by atoms with van der Waals surface area (Å²) < 4.78 is 22.3. The maximum atomic E-state index is 6.02. The van der Waals surface area contributed by atoms with Crippen molar-refractivity contribution in [3.63, 3.8) is 0 Å². The Bertz CT molecular complexity index is 854. The molecule has 7 nitrogen and oxygen atoms in total. The minimum atomic E-state index is -0.102. The number of ether oxygens (including phenoxy) is 4. The van der Waals surface area contributed by atoms with Crippen LogP contribution in [-0.4, -0.2) is 54.2 Å². The SMILES string of the molecule is S=C(NCc1ccc2c(c1)OCO2)N1CCOC(COc2cccnc2Cl)C1. The lowest BCUT2D eigenvalue weighted by molar-refractivity contribution is -0.0288. The molecular formula is C19H20ClN3O4S. The summed E-state index contributed by atoms with van der Waals surface area (Å²) in [6.45, 7) is 3.22. The molecular weight excluding hydrogens is 402 g/mol.